The SMILES string of the molecule is c1ccc(-c2ccccc2-c2ccccc2N(c2ccc(-c3cccc4c3sc3ccc(-c5cccc6c5c5cccc7c5n6-c5ccccc5C75c6ccccc6-c6c(N(c7ccc(-c8ccc9oc%10ccccc%10c9c8)cc7)c7ccccc7-c7ccccc7-c7ccccc7)cccc65)cc34)cc2)c2cccc3c2-c2ccccc2C32c3ccccc3-n3c4ccccc4c4cccc2c43)cc1. The van der Waals surface area contributed by atoms with Crippen LogP contribution in [0.1, 0.15) is 44.5 Å². The second-order valence-corrected chi connectivity index (χ2v) is 38.8. The normalized spacial score (nSPS) is 14.5. The Balaban J connectivity index is 0.560. The molecule has 5 nitrogen and oxygen atoms in total. The Labute approximate surface area is 812 Å². The summed E-state index contributed by atoms with van der Waals surface area (Å²) in [5, 5.41) is 9.69. The Bertz CT molecular complexity index is 9730. The van der Waals surface area contributed by atoms with Gasteiger partial charge in [-0.1, -0.05) is 394 Å². The summed E-state index contributed by atoms with van der Waals surface area (Å²) in [5.74, 6) is 0. The maximum absolute atomic E-state index is 6.36. The summed E-state index contributed by atoms with van der Waals surface area (Å²) in [4.78, 5) is 5.12. The van der Waals surface area contributed by atoms with Crippen molar-refractivity contribution >= 4 is 131 Å². The molecule has 0 amide bonds. The minimum atomic E-state index is -0.747. The van der Waals surface area contributed by atoms with Gasteiger partial charge in [0.25, 0.3) is 0 Å². The number of aromatic nitrogens is 2. The van der Waals surface area contributed by atoms with Crippen molar-refractivity contribution in [2.45, 2.75) is 10.8 Å². The summed E-state index contributed by atoms with van der Waals surface area (Å²) in [5.41, 5.74) is 45.4. The van der Waals surface area contributed by atoms with Gasteiger partial charge in [-0.05, 0) is 226 Å². The highest BCUT2D eigenvalue weighted by atomic mass is 32.1. The Kier molecular flexibility index (Phi) is 17.0. The molecule has 0 saturated heterocycles. The van der Waals surface area contributed by atoms with E-state index in [0.29, 0.717) is 0 Å². The molecule has 2 spiro atoms. The van der Waals surface area contributed by atoms with Crippen molar-refractivity contribution in [1.29, 1.82) is 0 Å². The molecule has 650 valence electrons. The van der Waals surface area contributed by atoms with Crippen LogP contribution in [0.3, 0.4) is 0 Å². The number of furan rings is 1. The minimum absolute atomic E-state index is 0.654. The van der Waals surface area contributed by atoms with E-state index in [1.807, 2.05) is 17.4 Å². The van der Waals surface area contributed by atoms with Gasteiger partial charge in [-0.3, -0.25) is 0 Å². The zero-order chi connectivity index (χ0) is 91.6. The highest BCUT2D eigenvalue weighted by Crippen LogP contribution is 2.67. The van der Waals surface area contributed by atoms with Gasteiger partial charge in [-0.15, -0.1) is 11.3 Å². The summed E-state index contributed by atoms with van der Waals surface area (Å²) in [6.45, 7) is 0. The van der Waals surface area contributed by atoms with Gasteiger partial charge in [0.2, 0.25) is 0 Å². The van der Waals surface area contributed by atoms with Crippen LogP contribution in [-0.2, 0) is 10.8 Å². The predicted molar refractivity (Wildman–Crippen MR) is 584 cm³/mol. The fourth-order valence-corrected chi connectivity index (χ4v) is 26.6. The quantitative estimate of drug-likeness (QED) is 0.115. The average Bonchev–Trinajstić information content (AvgIpc) is 1.49. The Hall–Kier alpha value is -17.9. The number of hydrogen-bond donors (Lipinski definition) is 0. The molecular weight excluding hydrogens is 1710 g/mol. The number of anilines is 6. The second kappa shape index (κ2) is 30.3. The van der Waals surface area contributed by atoms with E-state index in [1.54, 1.807) is 0 Å². The lowest BCUT2D eigenvalue weighted by Crippen LogP contribution is -2.33. The molecule has 4 aromatic heterocycles. The number of fused-ring (bicyclic) bond motifs is 30. The summed E-state index contributed by atoms with van der Waals surface area (Å²) in [6, 6.07) is 187. The van der Waals surface area contributed by atoms with E-state index in [1.165, 1.54) is 181 Å². The standard InChI is InChI=1S/C134H82N4OS/c1-3-33-84(34-4-1)91-37-7-9-39-95(91)97-41-13-21-60-116(97)135(89-75-69-83(70-76-89)87-73-79-125-106(81-87)100-44-16-26-68-124(100)139-125)122-66-32-57-113-129(122)104-46-12-18-53-109(104)134(113)111-55-20-25-64-120(111)138-121-65-30-47-93(127(121)105-51-29-59-115(134)131(105)138)88-74-80-126-107(82-88)102-50-27-48-94(132(102)140-126)86-71-77-90(78-72-86)136(117-61-22-14-42-98(117)96-40-10-8-38-92(96)85-35-5-2-6-36-85)123-67-31-56-112-128(123)103-45-11-17-52-108(103)133(112)110-54-19-24-63-119(110)137-118-62-23-15-43-99(118)101-49-28-58-114(133)130(101)137/h1-82H. The number of nitrogens with zero attached hydrogens (tertiary/aromatic N) is 4. The maximum atomic E-state index is 6.36. The van der Waals surface area contributed by atoms with Crippen molar-refractivity contribution in [3.05, 3.63) is 542 Å². The third kappa shape index (κ3) is 11.0. The van der Waals surface area contributed by atoms with Crippen LogP contribution in [-0.4, -0.2) is 9.13 Å². The summed E-state index contributed by atoms with van der Waals surface area (Å²) < 4.78 is 14.0. The monoisotopic (exact) mass is 1790 g/mol. The molecule has 22 aromatic carbocycles. The number of hydrogen-bond acceptors (Lipinski definition) is 4. The third-order valence-corrected chi connectivity index (χ3v) is 32.2. The first kappa shape index (κ1) is 78.4. The van der Waals surface area contributed by atoms with Crippen molar-refractivity contribution in [2.75, 3.05) is 9.80 Å². The Morgan fingerprint density at radius 2 is 0.593 bits per heavy atom. The van der Waals surface area contributed by atoms with Crippen LogP contribution in [0.5, 0.6) is 0 Å². The van der Waals surface area contributed by atoms with E-state index in [9.17, 15) is 0 Å². The van der Waals surface area contributed by atoms with Gasteiger partial charge in [0.05, 0.1) is 67.0 Å². The lowest BCUT2D eigenvalue weighted by molar-refractivity contribution is 0.669. The summed E-state index contributed by atoms with van der Waals surface area (Å²) in [6.07, 6.45) is 0. The molecule has 6 heteroatoms. The van der Waals surface area contributed by atoms with Crippen LogP contribution in [0.15, 0.2) is 502 Å². The van der Waals surface area contributed by atoms with E-state index in [2.05, 4.69) is 510 Å². The maximum Gasteiger partial charge on any atom is 0.135 e. The van der Waals surface area contributed by atoms with Gasteiger partial charge >= 0.3 is 0 Å². The summed E-state index contributed by atoms with van der Waals surface area (Å²) >= 11 is 1.89. The zero-order valence-corrected chi connectivity index (χ0v) is 76.8. The molecular formula is C134H82N4OS. The highest BCUT2D eigenvalue weighted by Gasteiger charge is 2.54. The van der Waals surface area contributed by atoms with Crippen LogP contribution < -0.4 is 9.80 Å². The number of thiophene rings is 1. The van der Waals surface area contributed by atoms with Gasteiger partial charge < -0.3 is 23.4 Å². The first-order chi connectivity index (χ1) is 69.5. The van der Waals surface area contributed by atoms with E-state index in [0.717, 1.165) is 95.0 Å². The number of benzene rings is 22. The van der Waals surface area contributed by atoms with Crippen LogP contribution >= 0.6 is 11.3 Å². The van der Waals surface area contributed by atoms with Crippen LogP contribution in [0.2, 0.25) is 0 Å². The third-order valence-electron chi connectivity index (χ3n) is 31.0. The lowest BCUT2D eigenvalue weighted by Gasteiger charge is -2.39. The van der Waals surface area contributed by atoms with E-state index in [4.69, 9.17) is 4.42 Å². The fourth-order valence-electron chi connectivity index (χ4n) is 25.4. The molecule has 0 N–H and O–H groups in total. The molecule has 26 aromatic rings. The largest absolute Gasteiger partial charge is 0.456 e. The predicted octanol–water partition coefficient (Wildman–Crippen LogP) is 36.1. The minimum Gasteiger partial charge on any atom is -0.456 e. The lowest BCUT2D eigenvalue weighted by atomic mass is 9.65. The molecule has 2 unspecified atom stereocenters. The smallest absolute Gasteiger partial charge is 0.135 e. The average molecular weight is 1800 g/mol. The van der Waals surface area contributed by atoms with Crippen molar-refractivity contribution in [3.63, 3.8) is 0 Å². The van der Waals surface area contributed by atoms with Crippen molar-refractivity contribution in [2.24, 2.45) is 0 Å². The van der Waals surface area contributed by atoms with Gasteiger partial charge in [-0.25, -0.2) is 0 Å². The molecule has 30 rings (SSSR count). The van der Waals surface area contributed by atoms with Crippen LogP contribution in [0.25, 0.3) is 197 Å². The van der Waals surface area contributed by atoms with Gasteiger partial charge in [0.15, 0.2) is 0 Å². The molecule has 2 atom stereocenters. The topological polar surface area (TPSA) is 29.5 Å². The Morgan fingerprint density at radius 1 is 0.207 bits per heavy atom. The molecule has 2 aliphatic heterocycles. The molecule has 140 heavy (non-hydrogen) atoms. The zero-order valence-electron chi connectivity index (χ0n) is 75.9. The fraction of sp³-hybridized carbons (Fsp3) is 0.0149. The van der Waals surface area contributed by atoms with Gasteiger partial charge in [0.1, 0.15) is 11.2 Å². The highest BCUT2D eigenvalue weighted by molar-refractivity contribution is 7.26. The van der Waals surface area contributed by atoms with Crippen LogP contribution in [0, 0.1) is 0 Å². The molecule has 0 radical (unpaired) electrons. The van der Waals surface area contributed by atoms with Gasteiger partial charge in [-0.2, -0.15) is 0 Å². The second-order valence-electron chi connectivity index (χ2n) is 37.7. The van der Waals surface area contributed by atoms with E-state index < -0.39 is 10.8 Å². The molecule has 0 fully saturated rings. The molecule has 4 aliphatic rings. The molecule has 0 saturated carbocycles. The summed E-state index contributed by atoms with van der Waals surface area (Å²) in [7, 11) is 0. The first-order valence-corrected chi connectivity index (χ1v) is 49.2. The first-order valence-electron chi connectivity index (χ1n) is 48.4. The molecule has 6 heterocycles. The van der Waals surface area contributed by atoms with Crippen molar-refractivity contribution < 1.29 is 4.42 Å². The van der Waals surface area contributed by atoms with Crippen molar-refractivity contribution in [1.82, 2.24) is 9.13 Å². The Morgan fingerprint density at radius 3 is 1.21 bits per heavy atom. The van der Waals surface area contributed by atoms with E-state index in [-0.39, 0.29) is 0 Å². The molecule has 0 bridgehead atoms. The van der Waals surface area contributed by atoms with E-state index >= 15 is 0 Å². The van der Waals surface area contributed by atoms with Crippen molar-refractivity contribution in [3.8, 4) is 112 Å². The number of rotatable bonds is 13. The van der Waals surface area contributed by atoms with Crippen LogP contribution in [0.4, 0.5) is 34.1 Å². The molecule has 2 aliphatic carbocycles. The number of para-hydroxylation sites is 8. The van der Waals surface area contributed by atoms with Gasteiger partial charge in [0, 0.05) is 86.1 Å².